The molecule has 1 aliphatic carbocycles. The number of carbonyl (C=O) groups is 2. The molecule has 0 spiro atoms. The van der Waals surface area contributed by atoms with Crippen LogP contribution in [0.1, 0.15) is 60.2 Å². The van der Waals surface area contributed by atoms with E-state index in [2.05, 4.69) is 0 Å². The summed E-state index contributed by atoms with van der Waals surface area (Å²) in [7, 11) is 0. The monoisotopic (exact) mass is 395 g/mol. The molecule has 2 aromatic heterocycles. The Morgan fingerprint density at radius 1 is 1.21 bits per heavy atom. The molecule has 29 heavy (non-hydrogen) atoms. The van der Waals surface area contributed by atoms with Gasteiger partial charge in [-0.15, -0.1) is 0 Å². The number of rotatable bonds is 4. The zero-order valence-corrected chi connectivity index (χ0v) is 16.6. The van der Waals surface area contributed by atoms with E-state index in [9.17, 15) is 14.9 Å². The van der Waals surface area contributed by atoms with Crippen molar-refractivity contribution in [2.24, 2.45) is 5.92 Å². The van der Waals surface area contributed by atoms with Gasteiger partial charge in [-0.25, -0.2) is 4.79 Å². The number of hydrogen-bond donors (Lipinski definition) is 0. The fraction of sp³-hybridized carbons (Fsp3) is 0.500. The van der Waals surface area contributed by atoms with Crippen molar-refractivity contribution in [3.05, 3.63) is 41.4 Å². The van der Waals surface area contributed by atoms with Crippen molar-refractivity contribution in [3.63, 3.8) is 0 Å². The minimum Gasteiger partial charge on any atom is -0.452 e. The fourth-order valence-electron chi connectivity index (χ4n) is 4.75. The first-order chi connectivity index (χ1) is 14.1. The topological polar surface area (TPSA) is 88.5 Å². The molecular formula is C22H25N3O4. The van der Waals surface area contributed by atoms with E-state index < -0.39 is 5.97 Å². The van der Waals surface area contributed by atoms with E-state index in [1.165, 1.54) is 19.3 Å². The molecule has 2 aromatic rings. The summed E-state index contributed by atoms with van der Waals surface area (Å²) in [5.74, 6) is 0.289. The molecule has 7 heteroatoms. The van der Waals surface area contributed by atoms with E-state index in [1.807, 2.05) is 11.0 Å². The lowest BCUT2D eigenvalue weighted by Crippen LogP contribution is -2.50. The van der Waals surface area contributed by atoms with Gasteiger partial charge in [0.05, 0.1) is 0 Å². The second-order valence-electron chi connectivity index (χ2n) is 7.83. The van der Waals surface area contributed by atoms with Crippen LogP contribution in [0.2, 0.25) is 0 Å². The average Bonchev–Trinajstić information content (AvgIpc) is 3.38. The number of nitrogens with zero attached hydrogens (tertiary/aromatic N) is 3. The maximum Gasteiger partial charge on any atom is 0.343 e. The number of nitriles is 1. The molecular weight excluding hydrogens is 370 g/mol. The summed E-state index contributed by atoms with van der Waals surface area (Å²) in [6, 6.07) is 5.90. The zero-order chi connectivity index (χ0) is 20.4. The minimum atomic E-state index is -0.702. The third kappa shape index (κ3) is 3.67. The first-order valence-corrected chi connectivity index (χ1v) is 10.2. The highest BCUT2D eigenvalue weighted by Crippen LogP contribution is 2.35. The predicted octanol–water partition coefficient (Wildman–Crippen LogP) is 3.59. The van der Waals surface area contributed by atoms with Crippen LogP contribution < -0.4 is 0 Å². The molecule has 2 atom stereocenters. The number of carbonyl (C=O) groups excluding carboxylic acids is 2. The molecule has 2 fully saturated rings. The number of furan rings is 1. The molecule has 2 aliphatic rings. The molecule has 7 nitrogen and oxygen atoms in total. The Bertz CT molecular complexity index is 936. The van der Waals surface area contributed by atoms with Gasteiger partial charge in [-0.2, -0.15) is 5.26 Å². The van der Waals surface area contributed by atoms with Gasteiger partial charge in [0.15, 0.2) is 6.61 Å². The van der Waals surface area contributed by atoms with Crippen LogP contribution in [0.15, 0.2) is 28.9 Å². The normalized spacial score (nSPS) is 21.3. The number of fused-ring (bicyclic) bond motifs is 1. The lowest BCUT2D eigenvalue weighted by atomic mass is 9.78. The number of amides is 1. The third-order valence-electron chi connectivity index (χ3n) is 6.11. The largest absolute Gasteiger partial charge is 0.452 e. The number of aryl methyl sites for hydroxylation is 1. The molecule has 1 amide bonds. The smallest absolute Gasteiger partial charge is 0.343 e. The first-order valence-electron chi connectivity index (χ1n) is 10.2. The van der Waals surface area contributed by atoms with E-state index in [0.29, 0.717) is 11.7 Å². The summed E-state index contributed by atoms with van der Waals surface area (Å²) in [5, 5.41) is 9.56. The average molecular weight is 395 g/mol. The number of esters is 1. The number of hydrogen-bond acceptors (Lipinski definition) is 5. The summed E-state index contributed by atoms with van der Waals surface area (Å²) >= 11 is 0. The van der Waals surface area contributed by atoms with Gasteiger partial charge < -0.3 is 14.1 Å². The molecule has 1 aliphatic heterocycles. The Kier molecular flexibility index (Phi) is 5.43. The van der Waals surface area contributed by atoms with Crippen molar-refractivity contribution in [1.82, 2.24) is 9.47 Å². The molecule has 1 saturated carbocycles. The van der Waals surface area contributed by atoms with Gasteiger partial charge in [0.1, 0.15) is 23.0 Å². The standard InChI is InChI=1S/C22H25N3O4/c1-15-20(17(13-23)21(29-15)24-10-4-5-11-24)22(27)28-14-19(26)25-12-6-8-16-7-2-3-9-18(16)25/h4-5,10-11,16,18H,2-3,6-9,12,14H2,1H3/t16-,18+/m0/s1. The molecule has 0 aromatic carbocycles. The van der Waals surface area contributed by atoms with Crippen LogP contribution in [-0.2, 0) is 9.53 Å². The lowest BCUT2D eigenvalue weighted by Gasteiger charge is -2.44. The molecule has 0 bridgehead atoms. The van der Waals surface area contributed by atoms with Crippen molar-refractivity contribution >= 4 is 11.9 Å². The number of aromatic nitrogens is 1. The summed E-state index contributed by atoms with van der Waals surface area (Å²) < 4.78 is 12.6. The van der Waals surface area contributed by atoms with Crippen LogP contribution in [0, 0.1) is 24.2 Å². The summed E-state index contributed by atoms with van der Waals surface area (Å²) in [6.07, 6.45) is 10.2. The van der Waals surface area contributed by atoms with E-state index in [1.54, 1.807) is 36.0 Å². The fourth-order valence-corrected chi connectivity index (χ4v) is 4.75. The molecule has 0 radical (unpaired) electrons. The Balaban J connectivity index is 1.46. The maximum absolute atomic E-state index is 12.8. The second kappa shape index (κ2) is 8.16. The van der Waals surface area contributed by atoms with Gasteiger partial charge in [0, 0.05) is 25.0 Å². The van der Waals surface area contributed by atoms with E-state index in [4.69, 9.17) is 9.15 Å². The summed E-state index contributed by atoms with van der Waals surface area (Å²) in [6.45, 7) is 2.03. The van der Waals surface area contributed by atoms with Gasteiger partial charge in [-0.05, 0) is 50.7 Å². The third-order valence-corrected chi connectivity index (χ3v) is 6.11. The van der Waals surface area contributed by atoms with E-state index in [-0.39, 0.29) is 35.6 Å². The highest BCUT2D eigenvalue weighted by Gasteiger charge is 2.36. The van der Waals surface area contributed by atoms with Crippen molar-refractivity contribution < 1.29 is 18.7 Å². The Labute approximate surface area is 169 Å². The highest BCUT2D eigenvalue weighted by molar-refractivity contribution is 5.95. The van der Waals surface area contributed by atoms with Crippen molar-refractivity contribution in [3.8, 4) is 12.0 Å². The lowest BCUT2D eigenvalue weighted by molar-refractivity contribution is -0.140. The van der Waals surface area contributed by atoms with Crippen LogP contribution in [-0.4, -0.2) is 40.5 Å². The maximum atomic E-state index is 12.8. The van der Waals surface area contributed by atoms with Gasteiger partial charge in [0.25, 0.3) is 5.91 Å². The number of piperidine rings is 1. The van der Waals surface area contributed by atoms with E-state index >= 15 is 0 Å². The van der Waals surface area contributed by atoms with Gasteiger partial charge in [-0.3, -0.25) is 9.36 Å². The van der Waals surface area contributed by atoms with Gasteiger partial charge in [-0.1, -0.05) is 12.8 Å². The molecule has 1 saturated heterocycles. The molecule has 0 N–H and O–H groups in total. The molecule has 152 valence electrons. The van der Waals surface area contributed by atoms with Crippen molar-refractivity contribution in [2.45, 2.75) is 51.5 Å². The second-order valence-corrected chi connectivity index (χ2v) is 7.83. The van der Waals surface area contributed by atoms with E-state index in [0.717, 1.165) is 25.8 Å². The molecule has 4 rings (SSSR count). The van der Waals surface area contributed by atoms with Crippen LogP contribution in [0.5, 0.6) is 0 Å². The number of ether oxygens (including phenoxy) is 1. The Morgan fingerprint density at radius 3 is 2.69 bits per heavy atom. The predicted molar refractivity (Wildman–Crippen MR) is 104 cm³/mol. The Morgan fingerprint density at radius 2 is 1.93 bits per heavy atom. The van der Waals surface area contributed by atoms with Crippen molar-refractivity contribution in [2.75, 3.05) is 13.2 Å². The van der Waals surface area contributed by atoms with Gasteiger partial charge in [0.2, 0.25) is 5.88 Å². The molecule has 3 heterocycles. The molecule has 0 unspecified atom stereocenters. The highest BCUT2D eigenvalue weighted by atomic mass is 16.5. The van der Waals surface area contributed by atoms with Crippen LogP contribution in [0.25, 0.3) is 5.88 Å². The Hall–Kier alpha value is -3.01. The van der Waals surface area contributed by atoms with Crippen LogP contribution in [0.3, 0.4) is 0 Å². The van der Waals surface area contributed by atoms with Crippen LogP contribution in [0.4, 0.5) is 0 Å². The number of likely N-dealkylation sites (tertiary alicyclic amines) is 1. The van der Waals surface area contributed by atoms with Crippen LogP contribution >= 0.6 is 0 Å². The summed E-state index contributed by atoms with van der Waals surface area (Å²) in [5.41, 5.74) is 0.194. The summed E-state index contributed by atoms with van der Waals surface area (Å²) in [4.78, 5) is 27.4. The quantitative estimate of drug-likeness (QED) is 0.738. The first kappa shape index (κ1) is 19.3. The minimum absolute atomic E-state index is 0.0817. The SMILES string of the molecule is Cc1oc(-n2cccc2)c(C#N)c1C(=O)OCC(=O)N1CCC[C@@H]2CCCC[C@H]21. The van der Waals surface area contributed by atoms with Gasteiger partial charge >= 0.3 is 5.97 Å². The van der Waals surface area contributed by atoms with Crippen molar-refractivity contribution in [1.29, 1.82) is 5.26 Å². The zero-order valence-electron chi connectivity index (χ0n) is 16.6.